The lowest BCUT2D eigenvalue weighted by atomic mass is 10.2. The van der Waals surface area contributed by atoms with Gasteiger partial charge in [-0.15, -0.1) is 11.6 Å². The van der Waals surface area contributed by atoms with E-state index in [-0.39, 0.29) is 12.0 Å². The van der Waals surface area contributed by atoms with Crippen molar-refractivity contribution >= 4 is 11.6 Å². The van der Waals surface area contributed by atoms with Crippen LogP contribution in [0.25, 0.3) is 0 Å². The molecule has 0 fully saturated rings. The van der Waals surface area contributed by atoms with Crippen LogP contribution in [0, 0.1) is 5.92 Å². The van der Waals surface area contributed by atoms with E-state index in [2.05, 4.69) is 24.0 Å². The van der Waals surface area contributed by atoms with E-state index in [1.807, 2.05) is 6.92 Å². The standard InChI is InChI=1S/C9H15ClN2O2/c1-6(2)5-13-7(3)9-11-8(4-10)14-12-9/h6-7H,4-5H2,1-3H3. The molecule has 0 saturated carbocycles. The minimum Gasteiger partial charge on any atom is -0.370 e. The zero-order valence-electron chi connectivity index (χ0n) is 8.66. The van der Waals surface area contributed by atoms with Crippen LogP contribution in [-0.2, 0) is 10.6 Å². The van der Waals surface area contributed by atoms with Crippen molar-refractivity contribution in [3.8, 4) is 0 Å². The first-order valence-corrected chi connectivity index (χ1v) is 5.17. The average Bonchev–Trinajstić information content (AvgIpc) is 2.62. The number of hydrogen-bond donors (Lipinski definition) is 0. The second-order valence-electron chi connectivity index (χ2n) is 3.55. The Bertz CT molecular complexity index is 276. The van der Waals surface area contributed by atoms with Gasteiger partial charge in [0.25, 0.3) is 0 Å². The summed E-state index contributed by atoms with van der Waals surface area (Å²) in [6.07, 6.45) is -0.141. The third-order valence-corrected chi connectivity index (χ3v) is 1.87. The van der Waals surface area contributed by atoms with E-state index in [4.69, 9.17) is 20.9 Å². The highest BCUT2D eigenvalue weighted by atomic mass is 35.5. The molecule has 0 saturated heterocycles. The summed E-state index contributed by atoms with van der Waals surface area (Å²) in [7, 11) is 0. The van der Waals surface area contributed by atoms with Crippen molar-refractivity contribution in [2.45, 2.75) is 32.8 Å². The Balaban J connectivity index is 2.47. The molecular formula is C9H15ClN2O2. The van der Waals surface area contributed by atoms with Crippen molar-refractivity contribution in [1.29, 1.82) is 0 Å². The maximum absolute atomic E-state index is 5.54. The number of halogens is 1. The fourth-order valence-electron chi connectivity index (χ4n) is 0.899. The first-order chi connectivity index (χ1) is 6.63. The van der Waals surface area contributed by atoms with Gasteiger partial charge in [0.1, 0.15) is 12.0 Å². The average molecular weight is 219 g/mol. The molecule has 80 valence electrons. The van der Waals surface area contributed by atoms with Gasteiger partial charge < -0.3 is 9.26 Å². The van der Waals surface area contributed by atoms with Crippen molar-refractivity contribution in [2.75, 3.05) is 6.61 Å². The molecule has 1 rings (SSSR count). The molecule has 5 heteroatoms. The van der Waals surface area contributed by atoms with Crippen LogP contribution in [-0.4, -0.2) is 16.7 Å². The van der Waals surface area contributed by atoms with Crippen LogP contribution in [0.3, 0.4) is 0 Å². The fourth-order valence-corrected chi connectivity index (χ4v) is 1.01. The molecule has 0 aliphatic rings. The molecule has 14 heavy (non-hydrogen) atoms. The van der Waals surface area contributed by atoms with E-state index < -0.39 is 0 Å². The lowest BCUT2D eigenvalue weighted by Gasteiger charge is -2.10. The Morgan fingerprint density at radius 2 is 2.14 bits per heavy atom. The van der Waals surface area contributed by atoms with Gasteiger partial charge in [-0.25, -0.2) is 0 Å². The molecule has 0 aromatic carbocycles. The predicted octanol–water partition coefficient (Wildman–Crippen LogP) is 2.54. The molecule has 0 aliphatic carbocycles. The van der Waals surface area contributed by atoms with E-state index in [0.29, 0.717) is 24.2 Å². The van der Waals surface area contributed by atoms with Gasteiger partial charge in [-0.2, -0.15) is 4.98 Å². The molecule has 0 amide bonds. The van der Waals surface area contributed by atoms with Gasteiger partial charge in [0.05, 0.1) is 0 Å². The van der Waals surface area contributed by atoms with Gasteiger partial charge in [0, 0.05) is 6.61 Å². The Morgan fingerprint density at radius 3 is 2.64 bits per heavy atom. The molecule has 0 radical (unpaired) electrons. The molecule has 0 aliphatic heterocycles. The summed E-state index contributed by atoms with van der Waals surface area (Å²) in [5.41, 5.74) is 0. The summed E-state index contributed by atoms with van der Waals surface area (Å²) >= 11 is 5.54. The monoisotopic (exact) mass is 218 g/mol. The van der Waals surface area contributed by atoms with Crippen molar-refractivity contribution in [3.63, 3.8) is 0 Å². The van der Waals surface area contributed by atoms with Crippen molar-refractivity contribution in [3.05, 3.63) is 11.7 Å². The quantitative estimate of drug-likeness (QED) is 0.713. The van der Waals surface area contributed by atoms with Gasteiger partial charge in [0.2, 0.25) is 5.89 Å². The number of nitrogens with zero attached hydrogens (tertiary/aromatic N) is 2. The van der Waals surface area contributed by atoms with Crippen LogP contribution < -0.4 is 0 Å². The predicted molar refractivity (Wildman–Crippen MR) is 53.1 cm³/mol. The lowest BCUT2D eigenvalue weighted by molar-refractivity contribution is 0.0402. The lowest BCUT2D eigenvalue weighted by Crippen LogP contribution is -2.07. The van der Waals surface area contributed by atoms with Crippen LogP contribution in [0.15, 0.2) is 4.52 Å². The SMILES string of the molecule is CC(C)COC(C)c1noc(CCl)n1. The van der Waals surface area contributed by atoms with Crippen molar-refractivity contribution < 1.29 is 9.26 Å². The Hall–Kier alpha value is -0.610. The van der Waals surface area contributed by atoms with E-state index in [1.165, 1.54) is 0 Å². The molecule has 1 aromatic rings. The second kappa shape index (κ2) is 5.32. The molecule has 1 aromatic heterocycles. The fraction of sp³-hybridized carbons (Fsp3) is 0.778. The second-order valence-corrected chi connectivity index (χ2v) is 3.82. The highest BCUT2D eigenvalue weighted by Crippen LogP contribution is 2.14. The van der Waals surface area contributed by atoms with E-state index in [9.17, 15) is 0 Å². The number of aromatic nitrogens is 2. The Kier molecular flexibility index (Phi) is 4.35. The third kappa shape index (κ3) is 3.27. The van der Waals surface area contributed by atoms with E-state index >= 15 is 0 Å². The highest BCUT2D eigenvalue weighted by Gasteiger charge is 2.13. The minimum atomic E-state index is -0.141. The van der Waals surface area contributed by atoms with Crippen molar-refractivity contribution in [2.24, 2.45) is 5.92 Å². The Morgan fingerprint density at radius 1 is 1.43 bits per heavy atom. The molecule has 0 spiro atoms. The van der Waals surface area contributed by atoms with E-state index in [1.54, 1.807) is 0 Å². The summed E-state index contributed by atoms with van der Waals surface area (Å²) in [4.78, 5) is 4.07. The first-order valence-electron chi connectivity index (χ1n) is 4.63. The molecule has 1 unspecified atom stereocenters. The van der Waals surface area contributed by atoms with Crippen LogP contribution >= 0.6 is 11.6 Å². The minimum absolute atomic E-state index is 0.141. The maximum Gasteiger partial charge on any atom is 0.241 e. The topological polar surface area (TPSA) is 48.2 Å². The summed E-state index contributed by atoms with van der Waals surface area (Å²) in [6, 6.07) is 0. The zero-order valence-corrected chi connectivity index (χ0v) is 9.41. The summed E-state index contributed by atoms with van der Waals surface area (Å²) in [5.74, 6) is 1.73. The Labute approximate surface area is 88.6 Å². The van der Waals surface area contributed by atoms with Crippen molar-refractivity contribution in [1.82, 2.24) is 10.1 Å². The number of hydrogen-bond acceptors (Lipinski definition) is 4. The number of ether oxygens (including phenoxy) is 1. The normalized spacial score (nSPS) is 13.5. The largest absolute Gasteiger partial charge is 0.370 e. The molecule has 0 N–H and O–H groups in total. The van der Waals surface area contributed by atoms with Crippen LogP contribution in [0.4, 0.5) is 0 Å². The number of alkyl halides is 1. The van der Waals surface area contributed by atoms with Gasteiger partial charge in [-0.1, -0.05) is 19.0 Å². The first kappa shape index (κ1) is 11.5. The zero-order chi connectivity index (χ0) is 10.6. The van der Waals surface area contributed by atoms with Gasteiger partial charge in [-0.05, 0) is 12.8 Å². The van der Waals surface area contributed by atoms with Gasteiger partial charge in [0.15, 0.2) is 5.82 Å². The number of rotatable bonds is 5. The van der Waals surface area contributed by atoms with Gasteiger partial charge >= 0.3 is 0 Å². The molecule has 4 nitrogen and oxygen atoms in total. The summed E-state index contributed by atoms with van der Waals surface area (Å²) in [5, 5.41) is 3.77. The maximum atomic E-state index is 5.54. The van der Waals surface area contributed by atoms with Gasteiger partial charge in [-0.3, -0.25) is 0 Å². The summed E-state index contributed by atoms with van der Waals surface area (Å²) < 4.78 is 10.4. The van der Waals surface area contributed by atoms with Crippen LogP contribution in [0.1, 0.15) is 38.6 Å². The highest BCUT2D eigenvalue weighted by molar-refractivity contribution is 6.16. The molecule has 0 bridgehead atoms. The third-order valence-electron chi connectivity index (χ3n) is 1.64. The molecule has 1 heterocycles. The molecule has 1 atom stereocenters. The van der Waals surface area contributed by atoms with E-state index in [0.717, 1.165) is 0 Å². The molecular weight excluding hydrogens is 204 g/mol. The van der Waals surface area contributed by atoms with Crippen LogP contribution in [0.2, 0.25) is 0 Å². The van der Waals surface area contributed by atoms with Crippen LogP contribution in [0.5, 0.6) is 0 Å². The smallest absolute Gasteiger partial charge is 0.241 e. The summed E-state index contributed by atoms with van der Waals surface area (Å²) in [6.45, 7) is 6.76.